The average Bonchev–Trinajstić information content (AvgIpc) is 2.81. The molecule has 0 aromatic heterocycles. The van der Waals surface area contributed by atoms with E-state index in [0.29, 0.717) is 19.4 Å². The molecule has 2 rings (SSSR count). The Morgan fingerprint density at radius 3 is 2.60 bits per heavy atom. The summed E-state index contributed by atoms with van der Waals surface area (Å²) in [6, 6.07) is -0.691. The minimum Gasteiger partial charge on any atom is -0.373 e. The third kappa shape index (κ3) is 3.14. The highest BCUT2D eigenvalue weighted by atomic mass is 16.5. The van der Waals surface area contributed by atoms with Gasteiger partial charge in [-0.15, -0.1) is 0 Å². The summed E-state index contributed by atoms with van der Waals surface area (Å²) in [4.78, 5) is 26.5. The lowest BCUT2D eigenvalue weighted by Crippen LogP contribution is -2.64. The van der Waals surface area contributed by atoms with Crippen LogP contribution >= 0.6 is 0 Å². The van der Waals surface area contributed by atoms with Gasteiger partial charge in [-0.3, -0.25) is 9.59 Å². The third-order valence-electron chi connectivity index (χ3n) is 4.26. The second kappa shape index (κ2) is 6.57. The summed E-state index contributed by atoms with van der Waals surface area (Å²) in [6.07, 6.45) is 4.60. The molecule has 2 aliphatic heterocycles. The Labute approximate surface area is 121 Å². The van der Waals surface area contributed by atoms with E-state index < -0.39 is 0 Å². The van der Waals surface area contributed by atoms with E-state index >= 15 is 0 Å². The van der Waals surface area contributed by atoms with E-state index in [1.807, 2.05) is 13.8 Å². The molecule has 0 bridgehead atoms. The van der Waals surface area contributed by atoms with Gasteiger partial charge in [0.25, 0.3) is 0 Å². The molecule has 2 amide bonds. The fourth-order valence-electron chi connectivity index (χ4n) is 3.17. The van der Waals surface area contributed by atoms with Crippen LogP contribution < -0.4 is 5.32 Å². The number of hydrogen-bond acceptors (Lipinski definition) is 3. The zero-order chi connectivity index (χ0) is 14.7. The summed E-state index contributed by atoms with van der Waals surface area (Å²) in [7, 11) is 0. The van der Waals surface area contributed by atoms with E-state index in [2.05, 4.69) is 12.2 Å². The van der Waals surface area contributed by atoms with Gasteiger partial charge in [-0.05, 0) is 32.6 Å². The highest BCUT2D eigenvalue weighted by molar-refractivity contribution is 5.96. The molecule has 1 N–H and O–H groups in total. The molecular formula is C15H26N2O3. The quantitative estimate of drug-likeness (QED) is 0.830. The molecule has 114 valence electrons. The molecule has 5 nitrogen and oxygen atoms in total. The Hall–Kier alpha value is -1.10. The predicted molar refractivity (Wildman–Crippen MR) is 76.2 cm³/mol. The van der Waals surface area contributed by atoms with Crippen LogP contribution in [0.15, 0.2) is 0 Å². The van der Waals surface area contributed by atoms with Crippen molar-refractivity contribution in [2.45, 2.75) is 77.2 Å². The first-order valence-corrected chi connectivity index (χ1v) is 7.83. The van der Waals surface area contributed by atoms with Crippen LogP contribution in [0.25, 0.3) is 0 Å². The molecular weight excluding hydrogens is 256 g/mol. The summed E-state index contributed by atoms with van der Waals surface area (Å²) in [5.74, 6) is 0.0399. The van der Waals surface area contributed by atoms with Crippen molar-refractivity contribution in [3.63, 3.8) is 0 Å². The Kier molecular flexibility index (Phi) is 5.02. The summed E-state index contributed by atoms with van der Waals surface area (Å²) < 4.78 is 5.81. The van der Waals surface area contributed by atoms with Crippen LogP contribution in [-0.4, -0.2) is 47.6 Å². The van der Waals surface area contributed by atoms with Gasteiger partial charge >= 0.3 is 0 Å². The highest BCUT2D eigenvalue weighted by Crippen LogP contribution is 2.23. The second-order valence-corrected chi connectivity index (χ2v) is 5.91. The van der Waals surface area contributed by atoms with Crippen molar-refractivity contribution < 1.29 is 14.3 Å². The topological polar surface area (TPSA) is 58.6 Å². The predicted octanol–water partition coefficient (Wildman–Crippen LogP) is 1.46. The first-order chi connectivity index (χ1) is 9.56. The van der Waals surface area contributed by atoms with Crippen molar-refractivity contribution in [1.82, 2.24) is 10.2 Å². The van der Waals surface area contributed by atoms with Gasteiger partial charge in [0.2, 0.25) is 11.8 Å². The summed E-state index contributed by atoms with van der Waals surface area (Å²) in [5.41, 5.74) is 0. The molecule has 0 saturated carbocycles. The van der Waals surface area contributed by atoms with Gasteiger partial charge in [-0.25, -0.2) is 0 Å². The van der Waals surface area contributed by atoms with Crippen LogP contribution in [0.2, 0.25) is 0 Å². The smallest absolute Gasteiger partial charge is 0.245 e. The summed E-state index contributed by atoms with van der Waals surface area (Å²) >= 11 is 0. The zero-order valence-corrected chi connectivity index (χ0v) is 12.7. The Balaban J connectivity index is 2.07. The van der Waals surface area contributed by atoms with Gasteiger partial charge < -0.3 is 15.0 Å². The molecule has 2 heterocycles. The average molecular weight is 282 g/mol. The number of rotatable bonds is 5. The fraction of sp³-hybridized carbons (Fsp3) is 0.867. The molecule has 4 atom stereocenters. The summed E-state index contributed by atoms with van der Waals surface area (Å²) in [6.45, 7) is 6.58. The van der Waals surface area contributed by atoms with E-state index in [0.717, 1.165) is 19.3 Å². The van der Waals surface area contributed by atoms with Gasteiger partial charge in [-0.1, -0.05) is 20.3 Å². The SMILES string of the molecule is CCCC1NC(=O)C(CC)N(CC2CCC(C)O2)C1=O. The van der Waals surface area contributed by atoms with Crippen LogP contribution in [0, 0.1) is 0 Å². The van der Waals surface area contributed by atoms with E-state index in [4.69, 9.17) is 4.74 Å². The van der Waals surface area contributed by atoms with E-state index in [9.17, 15) is 9.59 Å². The van der Waals surface area contributed by atoms with E-state index in [1.165, 1.54) is 0 Å². The van der Waals surface area contributed by atoms with Gasteiger partial charge in [0.15, 0.2) is 0 Å². The Morgan fingerprint density at radius 2 is 2.05 bits per heavy atom. The standard InChI is InChI=1S/C15H26N2O3/c1-4-6-12-15(19)17(13(5-2)14(18)16-12)9-11-8-7-10(3)20-11/h10-13H,4-9H2,1-3H3,(H,16,18). The van der Waals surface area contributed by atoms with E-state index in [-0.39, 0.29) is 36.1 Å². The van der Waals surface area contributed by atoms with Crippen molar-refractivity contribution >= 4 is 11.8 Å². The normalized spacial score (nSPS) is 34.5. The molecule has 0 aliphatic carbocycles. The van der Waals surface area contributed by atoms with E-state index in [1.54, 1.807) is 4.90 Å². The van der Waals surface area contributed by atoms with Gasteiger partial charge in [0.05, 0.1) is 12.2 Å². The minimum atomic E-state index is -0.353. The lowest BCUT2D eigenvalue weighted by Gasteiger charge is -2.39. The number of carbonyl (C=O) groups excluding carboxylic acids is 2. The largest absolute Gasteiger partial charge is 0.373 e. The Morgan fingerprint density at radius 1 is 1.30 bits per heavy atom. The molecule has 5 heteroatoms. The number of nitrogens with one attached hydrogen (secondary N) is 1. The van der Waals surface area contributed by atoms with Gasteiger partial charge in [0.1, 0.15) is 12.1 Å². The zero-order valence-electron chi connectivity index (χ0n) is 12.7. The molecule has 0 aromatic rings. The maximum absolute atomic E-state index is 12.6. The van der Waals surface area contributed by atoms with Crippen molar-refractivity contribution in [1.29, 1.82) is 0 Å². The van der Waals surface area contributed by atoms with Crippen molar-refractivity contribution in [3.8, 4) is 0 Å². The minimum absolute atomic E-state index is 0.0170. The summed E-state index contributed by atoms with van der Waals surface area (Å²) in [5, 5.41) is 2.86. The van der Waals surface area contributed by atoms with Gasteiger partial charge in [0, 0.05) is 6.54 Å². The number of amides is 2. The molecule has 2 aliphatic rings. The molecule has 0 spiro atoms. The fourth-order valence-corrected chi connectivity index (χ4v) is 3.17. The molecule has 20 heavy (non-hydrogen) atoms. The number of ether oxygens (including phenoxy) is 1. The van der Waals surface area contributed by atoms with Crippen LogP contribution in [0.1, 0.15) is 52.9 Å². The number of nitrogens with zero attached hydrogens (tertiary/aromatic N) is 1. The maximum atomic E-state index is 12.6. The first-order valence-electron chi connectivity index (χ1n) is 7.83. The lowest BCUT2D eigenvalue weighted by molar-refractivity contribution is -0.151. The van der Waals surface area contributed by atoms with Crippen LogP contribution in [0.4, 0.5) is 0 Å². The molecule has 2 fully saturated rings. The van der Waals surface area contributed by atoms with Gasteiger partial charge in [-0.2, -0.15) is 0 Å². The molecule has 4 unspecified atom stereocenters. The van der Waals surface area contributed by atoms with Crippen molar-refractivity contribution in [2.24, 2.45) is 0 Å². The molecule has 2 saturated heterocycles. The monoisotopic (exact) mass is 282 g/mol. The van der Waals surface area contributed by atoms with Crippen molar-refractivity contribution in [3.05, 3.63) is 0 Å². The lowest BCUT2D eigenvalue weighted by atomic mass is 10.0. The Bertz CT molecular complexity index is 372. The number of hydrogen-bond donors (Lipinski definition) is 1. The third-order valence-corrected chi connectivity index (χ3v) is 4.26. The second-order valence-electron chi connectivity index (χ2n) is 5.91. The van der Waals surface area contributed by atoms with Crippen molar-refractivity contribution in [2.75, 3.05) is 6.54 Å². The van der Waals surface area contributed by atoms with Crippen LogP contribution in [0.5, 0.6) is 0 Å². The molecule has 0 aromatic carbocycles. The highest BCUT2D eigenvalue weighted by Gasteiger charge is 2.40. The van der Waals surface area contributed by atoms with Crippen LogP contribution in [-0.2, 0) is 14.3 Å². The maximum Gasteiger partial charge on any atom is 0.245 e. The number of piperazine rings is 1. The number of carbonyl (C=O) groups is 2. The van der Waals surface area contributed by atoms with Crippen LogP contribution in [0.3, 0.4) is 0 Å². The first kappa shape index (κ1) is 15.3. The molecule has 0 radical (unpaired) electrons.